The molecule has 0 saturated carbocycles. The zero-order chi connectivity index (χ0) is 14.8. The van der Waals surface area contributed by atoms with Crippen LogP contribution in [0.1, 0.15) is 11.6 Å². The van der Waals surface area contributed by atoms with Crippen LogP contribution in [0.3, 0.4) is 0 Å². The van der Waals surface area contributed by atoms with E-state index in [-0.39, 0.29) is 12.6 Å². The van der Waals surface area contributed by atoms with Crippen LogP contribution >= 0.6 is 0 Å². The standard InChI is InChI=1S/C13H15N7O/c1-20-5-8(4-17-20)10(6-21)18-12-9-2-3-11(14)19-13(9)16-7-15-12/h2-5,7,10,21H,6H2,1H3,(H3,14,15,16,18,19). The number of aryl methyl sites for hydroxylation is 1. The van der Waals surface area contributed by atoms with Gasteiger partial charge in [-0.3, -0.25) is 4.68 Å². The predicted molar refractivity (Wildman–Crippen MR) is 78.4 cm³/mol. The number of nitrogens with one attached hydrogen (secondary N) is 1. The van der Waals surface area contributed by atoms with Gasteiger partial charge in [-0.25, -0.2) is 15.0 Å². The summed E-state index contributed by atoms with van der Waals surface area (Å²) in [6, 6.07) is 3.18. The zero-order valence-electron chi connectivity index (χ0n) is 11.4. The molecule has 0 radical (unpaired) electrons. The third-order valence-electron chi connectivity index (χ3n) is 3.14. The van der Waals surface area contributed by atoms with E-state index in [1.165, 1.54) is 6.33 Å². The number of aliphatic hydroxyl groups excluding tert-OH is 1. The maximum absolute atomic E-state index is 9.59. The summed E-state index contributed by atoms with van der Waals surface area (Å²) >= 11 is 0. The molecular formula is C13H15N7O. The Labute approximate surface area is 120 Å². The van der Waals surface area contributed by atoms with E-state index >= 15 is 0 Å². The predicted octanol–water partition coefficient (Wildman–Crippen LogP) is 0.486. The molecule has 3 aromatic heterocycles. The second kappa shape index (κ2) is 5.33. The van der Waals surface area contributed by atoms with Crippen molar-refractivity contribution in [1.82, 2.24) is 24.7 Å². The van der Waals surface area contributed by atoms with Crippen LogP contribution in [0.2, 0.25) is 0 Å². The van der Waals surface area contributed by atoms with Gasteiger partial charge in [0, 0.05) is 18.8 Å². The molecule has 1 atom stereocenters. The lowest BCUT2D eigenvalue weighted by molar-refractivity contribution is 0.276. The Hall–Kier alpha value is -2.74. The summed E-state index contributed by atoms with van der Waals surface area (Å²) in [6.07, 6.45) is 4.95. The number of hydrogen-bond donors (Lipinski definition) is 3. The fourth-order valence-electron chi connectivity index (χ4n) is 2.09. The van der Waals surface area contributed by atoms with E-state index in [0.717, 1.165) is 10.9 Å². The van der Waals surface area contributed by atoms with Crippen molar-refractivity contribution in [2.45, 2.75) is 6.04 Å². The molecule has 0 aliphatic carbocycles. The summed E-state index contributed by atoms with van der Waals surface area (Å²) < 4.78 is 1.68. The van der Waals surface area contributed by atoms with Crippen molar-refractivity contribution in [1.29, 1.82) is 0 Å². The summed E-state index contributed by atoms with van der Waals surface area (Å²) in [6.45, 7) is -0.0837. The number of rotatable bonds is 4. The van der Waals surface area contributed by atoms with Crippen molar-refractivity contribution in [3.8, 4) is 0 Å². The van der Waals surface area contributed by atoms with Crippen LogP contribution in [-0.4, -0.2) is 36.4 Å². The van der Waals surface area contributed by atoms with E-state index in [2.05, 4.69) is 25.4 Å². The monoisotopic (exact) mass is 285 g/mol. The Kier molecular flexibility index (Phi) is 3.36. The van der Waals surface area contributed by atoms with Crippen LogP contribution in [0.25, 0.3) is 11.0 Å². The van der Waals surface area contributed by atoms with Gasteiger partial charge in [0.15, 0.2) is 5.65 Å². The molecule has 0 bridgehead atoms. The first kappa shape index (κ1) is 13.3. The third kappa shape index (κ3) is 2.61. The van der Waals surface area contributed by atoms with Crippen LogP contribution in [0.4, 0.5) is 11.6 Å². The Bertz CT molecular complexity index is 770. The Morgan fingerprint density at radius 3 is 2.95 bits per heavy atom. The maximum Gasteiger partial charge on any atom is 0.166 e. The summed E-state index contributed by atoms with van der Waals surface area (Å²) in [5.74, 6) is 0.994. The Balaban J connectivity index is 1.96. The first-order chi connectivity index (χ1) is 10.2. The number of pyridine rings is 1. The van der Waals surface area contributed by atoms with Gasteiger partial charge in [0.1, 0.15) is 18.0 Å². The first-order valence-corrected chi connectivity index (χ1v) is 6.40. The number of aromatic nitrogens is 5. The van der Waals surface area contributed by atoms with E-state index in [9.17, 15) is 5.11 Å². The molecule has 0 aliphatic rings. The smallest absolute Gasteiger partial charge is 0.166 e. The van der Waals surface area contributed by atoms with E-state index in [0.29, 0.717) is 17.3 Å². The first-order valence-electron chi connectivity index (χ1n) is 6.40. The quantitative estimate of drug-likeness (QED) is 0.638. The highest BCUT2D eigenvalue weighted by molar-refractivity contribution is 5.87. The molecule has 21 heavy (non-hydrogen) atoms. The number of nitrogens with two attached hydrogens (primary N) is 1. The van der Waals surface area contributed by atoms with E-state index in [4.69, 9.17) is 5.73 Å². The summed E-state index contributed by atoms with van der Waals surface area (Å²) in [7, 11) is 1.82. The van der Waals surface area contributed by atoms with Gasteiger partial charge in [0.2, 0.25) is 0 Å². The third-order valence-corrected chi connectivity index (χ3v) is 3.14. The highest BCUT2D eigenvalue weighted by atomic mass is 16.3. The molecule has 0 fully saturated rings. The zero-order valence-corrected chi connectivity index (χ0v) is 11.4. The average Bonchev–Trinajstić information content (AvgIpc) is 2.90. The van der Waals surface area contributed by atoms with Crippen molar-refractivity contribution < 1.29 is 5.11 Å². The summed E-state index contributed by atoms with van der Waals surface area (Å²) in [5.41, 5.74) is 7.03. The lowest BCUT2D eigenvalue weighted by Crippen LogP contribution is -2.15. The molecule has 3 heterocycles. The molecule has 1 unspecified atom stereocenters. The summed E-state index contributed by atoms with van der Waals surface area (Å²) in [4.78, 5) is 12.5. The van der Waals surface area contributed by atoms with Crippen molar-refractivity contribution in [3.63, 3.8) is 0 Å². The van der Waals surface area contributed by atoms with Gasteiger partial charge in [-0.2, -0.15) is 5.10 Å². The second-order valence-corrected chi connectivity index (χ2v) is 4.66. The molecule has 0 aliphatic heterocycles. The molecule has 8 heteroatoms. The molecular weight excluding hydrogens is 270 g/mol. The number of fused-ring (bicyclic) bond motifs is 1. The van der Waals surface area contributed by atoms with Crippen LogP contribution in [0, 0.1) is 0 Å². The van der Waals surface area contributed by atoms with Gasteiger partial charge < -0.3 is 16.2 Å². The van der Waals surface area contributed by atoms with Crippen LogP contribution in [0.5, 0.6) is 0 Å². The summed E-state index contributed by atoms with van der Waals surface area (Å²) in [5, 5.41) is 17.6. The van der Waals surface area contributed by atoms with Gasteiger partial charge in [-0.05, 0) is 12.1 Å². The topological polar surface area (TPSA) is 115 Å². The van der Waals surface area contributed by atoms with Gasteiger partial charge >= 0.3 is 0 Å². The van der Waals surface area contributed by atoms with Crippen molar-refractivity contribution in [2.24, 2.45) is 7.05 Å². The normalized spacial score (nSPS) is 12.5. The number of aliphatic hydroxyl groups is 1. The lowest BCUT2D eigenvalue weighted by atomic mass is 10.1. The Morgan fingerprint density at radius 2 is 2.24 bits per heavy atom. The molecule has 0 spiro atoms. The van der Waals surface area contributed by atoms with Crippen LogP contribution < -0.4 is 11.1 Å². The molecule has 3 rings (SSSR count). The van der Waals surface area contributed by atoms with Crippen molar-refractivity contribution in [2.75, 3.05) is 17.7 Å². The molecule has 8 nitrogen and oxygen atoms in total. The van der Waals surface area contributed by atoms with E-state index in [1.54, 1.807) is 23.0 Å². The number of nitrogens with zero attached hydrogens (tertiary/aromatic N) is 5. The highest BCUT2D eigenvalue weighted by Crippen LogP contribution is 2.23. The molecule has 4 N–H and O–H groups in total. The Morgan fingerprint density at radius 1 is 1.38 bits per heavy atom. The van der Waals surface area contributed by atoms with Crippen molar-refractivity contribution in [3.05, 3.63) is 36.4 Å². The van der Waals surface area contributed by atoms with Gasteiger partial charge in [-0.15, -0.1) is 0 Å². The average molecular weight is 285 g/mol. The van der Waals surface area contributed by atoms with Crippen LogP contribution in [0.15, 0.2) is 30.9 Å². The molecule has 0 aromatic carbocycles. The SMILES string of the molecule is Cn1cc(C(CO)Nc2ncnc3nc(N)ccc23)cn1. The largest absolute Gasteiger partial charge is 0.394 e. The fourth-order valence-corrected chi connectivity index (χ4v) is 2.09. The van der Waals surface area contributed by atoms with E-state index in [1.807, 2.05) is 13.2 Å². The van der Waals surface area contributed by atoms with Crippen molar-refractivity contribution >= 4 is 22.7 Å². The van der Waals surface area contributed by atoms with E-state index < -0.39 is 0 Å². The maximum atomic E-state index is 9.59. The minimum absolute atomic E-state index is 0.0837. The minimum Gasteiger partial charge on any atom is -0.394 e. The van der Waals surface area contributed by atoms with Gasteiger partial charge in [-0.1, -0.05) is 0 Å². The highest BCUT2D eigenvalue weighted by Gasteiger charge is 2.15. The van der Waals surface area contributed by atoms with Crippen LogP contribution in [-0.2, 0) is 7.05 Å². The van der Waals surface area contributed by atoms with Gasteiger partial charge in [0.25, 0.3) is 0 Å². The van der Waals surface area contributed by atoms with Gasteiger partial charge in [0.05, 0.1) is 24.2 Å². The number of hydrogen-bond acceptors (Lipinski definition) is 7. The minimum atomic E-state index is -0.311. The molecule has 0 amide bonds. The fraction of sp³-hybridized carbons (Fsp3) is 0.231. The molecule has 108 valence electrons. The number of nitrogen functional groups attached to an aromatic ring is 1. The second-order valence-electron chi connectivity index (χ2n) is 4.66. The molecule has 0 saturated heterocycles. The molecule has 3 aromatic rings. The number of anilines is 2. The lowest BCUT2D eigenvalue weighted by Gasteiger charge is -2.16.